The third-order valence-electron chi connectivity index (χ3n) is 13.9. The summed E-state index contributed by atoms with van der Waals surface area (Å²) >= 11 is 6.49. The van der Waals surface area contributed by atoms with E-state index in [0.717, 1.165) is 50.6 Å². The summed E-state index contributed by atoms with van der Waals surface area (Å²) < 4.78 is 49.3. The Morgan fingerprint density at radius 3 is 2.33 bits per heavy atom. The summed E-state index contributed by atoms with van der Waals surface area (Å²) in [6.45, 7) is 5.79. The summed E-state index contributed by atoms with van der Waals surface area (Å²) in [6.07, 6.45) is 6.50. The van der Waals surface area contributed by atoms with E-state index in [4.69, 9.17) is 25.8 Å². The second-order valence-electron chi connectivity index (χ2n) is 17.3. The van der Waals surface area contributed by atoms with Gasteiger partial charge in [-0.2, -0.15) is 0 Å². The Morgan fingerprint density at radius 2 is 1.61 bits per heavy atom. The van der Waals surface area contributed by atoms with Crippen molar-refractivity contribution in [3.63, 3.8) is 0 Å². The van der Waals surface area contributed by atoms with Crippen LogP contribution < -0.4 is 14.4 Å². The molecule has 3 aromatic carbocycles. The number of imide groups is 1. The number of hydrogen-bond donors (Lipinski definition) is 1. The fourth-order valence-corrected chi connectivity index (χ4v) is 11.9. The van der Waals surface area contributed by atoms with Crippen LogP contribution in [-0.4, -0.2) is 81.5 Å². The van der Waals surface area contributed by atoms with Crippen LogP contribution in [0.4, 0.5) is 5.69 Å². The maximum atomic E-state index is 13.7. The molecule has 1 saturated heterocycles. The van der Waals surface area contributed by atoms with Crippen molar-refractivity contribution in [2.45, 2.75) is 88.2 Å². The third-order valence-corrected chi connectivity index (χ3v) is 16.1. The Hall–Kier alpha value is -3.97. The lowest BCUT2D eigenvalue weighted by Gasteiger charge is -2.49. The lowest BCUT2D eigenvalue weighted by molar-refractivity contribution is -0.237. The van der Waals surface area contributed by atoms with Gasteiger partial charge in [0.2, 0.25) is 10.0 Å². The van der Waals surface area contributed by atoms with Crippen molar-refractivity contribution in [1.29, 1.82) is 0 Å². The molecule has 0 unspecified atom stereocenters. The van der Waals surface area contributed by atoms with Crippen LogP contribution in [0.3, 0.4) is 0 Å². The molecule has 2 bridgehead atoms. The number of amides is 3. The highest BCUT2D eigenvalue weighted by Gasteiger charge is 2.48. The van der Waals surface area contributed by atoms with Gasteiger partial charge in [-0.05, 0) is 123 Å². The van der Waals surface area contributed by atoms with Gasteiger partial charge in [-0.15, -0.1) is 0 Å². The van der Waals surface area contributed by atoms with Gasteiger partial charge < -0.3 is 19.1 Å². The van der Waals surface area contributed by atoms with E-state index in [-0.39, 0.29) is 59.7 Å². The number of rotatable bonds is 2. The first-order valence-electron chi connectivity index (χ1n) is 20.5. The van der Waals surface area contributed by atoms with Gasteiger partial charge in [-0.1, -0.05) is 43.1 Å². The highest BCUT2D eigenvalue weighted by Crippen LogP contribution is 2.49. The fraction of sp³-hybridized carbons (Fsp3) is 0.523. The molecule has 13 heteroatoms. The standard InChI is InChI=1S/C44H50ClN3O8S/c1-26-7-5-11-36(43-54-22-32(23-55-43)48-41(50)34-9-3-4-10-35(34)42(48)51)33-15-12-30(33)21-47-24-44(18-6-8-28-19-31(45)14-16-37(28)44)25-56-39-17-13-29(20-38(39)47)40(49)46-57(52,53)27(26)2/h3-4,9-10,13-14,16-17,19-20,26-27,30,32-33,36,43H,5-8,11-12,15,18,21-25H2,1-2H3,(H,46,49)/t26-,27+,30-,32?,33+,36-,43?,44-/m0/s1. The van der Waals surface area contributed by atoms with Crippen LogP contribution in [0.15, 0.2) is 60.7 Å². The smallest absolute Gasteiger partial charge is 0.264 e. The van der Waals surface area contributed by atoms with Crippen LogP contribution >= 0.6 is 11.6 Å². The van der Waals surface area contributed by atoms with Gasteiger partial charge >= 0.3 is 0 Å². The summed E-state index contributed by atoms with van der Waals surface area (Å²) in [7, 11) is -3.99. The third kappa shape index (κ3) is 6.94. The number of anilines is 1. The number of ether oxygens (including phenoxy) is 3. The summed E-state index contributed by atoms with van der Waals surface area (Å²) in [4.78, 5) is 43.9. The monoisotopic (exact) mass is 815 g/mol. The molecule has 302 valence electrons. The molecule has 57 heavy (non-hydrogen) atoms. The van der Waals surface area contributed by atoms with E-state index in [1.165, 1.54) is 16.0 Å². The number of carbonyl (C=O) groups is 3. The average Bonchev–Trinajstić information content (AvgIpc) is 3.34. The molecular weight excluding hydrogens is 766 g/mol. The van der Waals surface area contributed by atoms with Crippen molar-refractivity contribution in [3.8, 4) is 5.75 Å². The van der Waals surface area contributed by atoms with Crippen molar-refractivity contribution in [3.05, 3.63) is 93.5 Å². The van der Waals surface area contributed by atoms with E-state index in [0.29, 0.717) is 48.0 Å². The van der Waals surface area contributed by atoms with Crippen molar-refractivity contribution in [2.24, 2.45) is 23.7 Å². The Labute approximate surface area is 339 Å². The summed E-state index contributed by atoms with van der Waals surface area (Å²) in [6, 6.07) is 17.8. The number of sulfonamides is 1. The van der Waals surface area contributed by atoms with Crippen LogP contribution in [0.25, 0.3) is 0 Å². The van der Waals surface area contributed by atoms with Gasteiger partial charge in [0, 0.05) is 35.0 Å². The molecule has 1 N–H and O–H groups in total. The minimum Gasteiger partial charge on any atom is -0.490 e. The van der Waals surface area contributed by atoms with E-state index in [1.54, 1.807) is 49.4 Å². The molecule has 1 saturated carbocycles. The zero-order valence-corrected chi connectivity index (χ0v) is 34.0. The van der Waals surface area contributed by atoms with E-state index in [2.05, 4.69) is 21.8 Å². The molecule has 3 aromatic rings. The Bertz CT molecular complexity index is 2170. The summed E-state index contributed by atoms with van der Waals surface area (Å²) in [5.74, 6) is -0.287. The van der Waals surface area contributed by atoms with Crippen LogP contribution in [0.5, 0.6) is 5.75 Å². The number of benzene rings is 3. The number of nitrogens with zero attached hydrogens (tertiary/aromatic N) is 2. The number of aryl methyl sites for hydroxylation is 1. The predicted octanol–water partition coefficient (Wildman–Crippen LogP) is 6.76. The average molecular weight is 816 g/mol. The molecule has 11 nitrogen and oxygen atoms in total. The first kappa shape index (κ1) is 38.5. The Kier molecular flexibility index (Phi) is 10.1. The van der Waals surface area contributed by atoms with E-state index < -0.39 is 33.5 Å². The number of halogens is 1. The molecule has 4 heterocycles. The lowest BCUT2D eigenvalue weighted by atomic mass is 9.64. The molecule has 0 radical (unpaired) electrons. The zero-order chi connectivity index (χ0) is 39.6. The Balaban J connectivity index is 1.03. The van der Waals surface area contributed by atoms with Crippen LogP contribution in [0.1, 0.15) is 101 Å². The predicted molar refractivity (Wildman–Crippen MR) is 215 cm³/mol. The second kappa shape index (κ2) is 15.0. The Morgan fingerprint density at radius 1 is 0.860 bits per heavy atom. The quantitative estimate of drug-likeness (QED) is 0.279. The first-order chi connectivity index (χ1) is 27.4. The highest BCUT2D eigenvalue weighted by atomic mass is 35.5. The molecular formula is C44H50ClN3O8S. The topological polar surface area (TPSA) is 132 Å². The van der Waals surface area contributed by atoms with Crippen molar-refractivity contribution < 1.29 is 37.0 Å². The second-order valence-corrected chi connectivity index (χ2v) is 19.7. The maximum Gasteiger partial charge on any atom is 0.264 e. The van der Waals surface area contributed by atoms with Crippen molar-refractivity contribution in [1.82, 2.24) is 9.62 Å². The molecule has 6 atom stereocenters. The van der Waals surface area contributed by atoms with Gasteiger partial charge in [0.05, 0.1) is 47.9 Å². The van der Waals surface area contributed by atoms with Gasteiger partial charge in [0.15, 0.2) is 6.29 Å². The van der Waals surface area contributed by atoms with Gasteiger partial charge in [-0.3, -0.25) is 19.3 Å². The van der Waals surface area contributed by atoms with Crippen molar-refractivity contribution >= 4 is 45.0 Å². The molecule has 9 rings (SSSR count). The first-order valence-corrected chi connectivity index (χ1v) is 22.4. The SMILES string of the molecule is C[C@@H]1[C@@H](C)CCC[C@H](C2OCC(N3C(=O)c4ccccc4C3=O)CO2)[C@@H]2CC[C@H]2CN2C[C@@]3(CCCc4cc(Cl)ccc43)COc3ccc(cc32)C(=O)NS1(=O)=O. The zero-order valence-electron chi connectivity index (χ0n) is 32.5. The van der Waals surface area contributed by atoms with Crippen LogP contribution in [0, 0.1) is 23.7 Å². The van der Waals surface area contributed by atoms with E-state index in [9.17, 15) is 22.8 Å². The highest BCUT2D eigenvalue weighted by molar-refractivity contribution is 7.90. The maximum absolute atomic E-state index is 13.7. The summed E-state index contributed by atoms with van der Waals surface area (Å²) in [5.41, 5.74) is 4.01. The molecule has 2 aliphatic carbocycles. The minimum absolute atomic E-state index is 0.0131. The molecule has 0 aromatic heterocycles. The molecule has 2 fully saturated rings. The largest absolute Gasteiger partial charge is 0.490 e. The molecule has 6 aliphatic rings. The van der Waals surface area contributed by atoms with Gasteiger partial charge in [-0.25, -0.2) is 13.1 Å². The number of nitrogens with one attached hydrogen (secondary N) is 1. The van der Waals surface area contributed by atoms with Crippen LogP contribution in [-0.2, 0) is 31.3 Å². The number of hydrogen-bond acceptors (Lipinski definition) is 9. The van der Waals surface area contributed by atoms with Crippen LogP contribution in [0.2, 0.25) is 5.02 Å². The fourth-order valence-electron chi connectivity index (χ4n) is 10.4. The molecule has 1 spiro atoms. The van der Waals surface area contributed by atoms with Gasteiger partial charge in [0.25, 0.3) is 17.7 Å². The van der Waals surface area contributed by atoms with Gasteiger partial charge in [0.1, 0.15) is 5.75 Å². The number of carbonyl (C=O) groups excluding carboxylic acids is 3. The number of fused-ring (bicyclic) bond motifs is 5. The molecule has 3 amide bonds. The normalized spacial score (nSPS) is 32.6. The minimum atomic E-state index is -3.99. The van der Waals surface area contributed by atoms with Crippen molar-refractivity contribution in [2.75, 3.05) is 37.8 Å². The van der Waals surface area contributed by atoms with E-state index in [1.807, 2.05) is 13.0 Å². The summed E-state index contributed by atoms with van der Waals surface area (Å²) in [5, 5.41) is -0.0826. The van der Waals surface area contributed by atoms with E-state index >= 15 is 0 Å². The lowest BCUT2D eigenvalue weighted by Crippen LogP contribution is -2.54. The molecule has 4 aliphatic heterocycles.